The van der Waals surface area contributed by atoms with Gasteiger partial charge in [0.15, 0.2) is 0 Å². The largest absolute Gasteiger partial charge is 0.480 e. The molecule has 0 heterocycles. The maximum absolute atomic E-state index is 12.1. The van der Waals surface area contributed by atoms with Crippen LogP contribution in [0.4, 0.5) is 0 Å². The molecule has 1 aliphatic carbocycles. The molecule has 0 unspecified atom stereocenters. The molecule has 108 valence electrons. The van der Waals surface area contributed by atoms with Gasteiger partial charge in [0.25, 0.3) is 0 Å². The maximum Gasteiger partial charge on any atom is 0.326 e. The average Bonchev–Trinajstić information content (AvgIpc) is 3.29. The highest BCUT2D eigenvalue weighted by Crippen LogP contribution is 2.32. The fourth-order valence-electron chi connectivity index (χ4n) is 2.65. The van der Waals surface area contributed by atoms with Crippen molar-refractivity contribution in [1.29, 1.82) is 0 Å². The van der Waals surface area contributed by atoms with Crippen molar-refractivity contribution in [3.63, 3.8) is 0 Å². The van der Waals surface area contributed by atoms with E-state index in [1.807, 2.05) is 42.5 Å². The number of hydrogen-bond acceptors (Lipinski definition) is 2. The molecule has 0 saturated heterocycles. The molecule has 1 aliphatic rings. The van der Waals surface area contributed by atoms with Crippen molar-refractivity contribution in [2.75, 3.05) is 0 Å². The van der Waals surface area contributed by atoms with E-state index in [0.29, 0.717) is 0 Å². The van der Waals surface area contributed by atoms with Gasteiger partial charge in [0, 0.05) is 0 Å². The van der Waals surface area contributed by atoms with Crippen LogP contribution in [0, 0.1) is 5.92 Å². The monoisotopic (exact) mass is 283 g/mol. The summed E-state index contributed by atoms with van der Waals surface area (Å²) >= 11 is 0. The first-order chi connectivity index (χ1) is 10.1. The highest BCUT2D eigenvalue weighted by atomic mass is 16.4. The molecule has 1 atom stereocenters. The number of rotatable bonds is 5. The lowest BCUT2D eigenvalue weighted by molar-refractivity contribution is -0.142. The maximum atomic E-state index is 12.1. The van der Waals surface area contributed by atoms with E-state index in [2.05, 4.69) is 5.32 Å². The molecule has 0 aliphatic heterocycles. The molecule has 2 aromatic rings. The predicted molar refractivity (Wildman–Crippen MR) is 79.9 cm³/mol. The fraction of sp³-hybridized carbons (Fsp3) is 0.294. The van der Waals surface area contributed by atoms with Gasteiger partial charge in [0.2, 0.25) is 5.91 Å². The summed E-state index contributed by atoms with van der Waals surface area (Å²) < 4.78 is 0. The van der Waals surface area contributed by atoms with Crippen molar-refractivity contribution in [3.05, 3.63) is 48.0 Å². The van der Waals surface area contributed by atoms with E-state index < -0.39 is 12.0 Å². The second-order valence-corrected chi connectivity index (χ2v) is 5.54. The molecule has 1 amide bonds. The van der Waals surface area contributed by atoms with Crippen LogP contribution in [-0.4, -0.2) is 23.0 Å². The molecule has 3 rings (SSSR count). The third kappa shape index (κ3) is 3.05. The molecule has 0 aromatic heterocycles. The topological polar surface area (TPSA) is 66.4 Å². The second-order valence-electron chi connectivity index (χ2n) is 5.54. The highest BCUT2D eigenvalue weighted by molar-refractivity contribution is 5.91. The number of fused-ring (bicyclic) bond motifs is 1. The Morgan fingerprint density at radius 2 is 1.86 bits per heavy atom. The van der Waals surface area contributed by atoms with Crippen LogP contribution in [-0.2, 0) is 16.0 Å². The third-order valence-corrected chi connectivity index (χ3v) is 3.91. The van der Waals surface area contributed by atoms with Crippen LogP contribution in [0.2, 0.25) is 0 Å². The summed E-state index contributed by atoms with van der Waals surface area (Å²) in [7, 11) is 0. The summed E-state index contributed by atoms with van der Waals surface area (Å²) in [5.74, 6) is -1.08. The number of carboxylic acids is 1. The molecule has 0 radical (unpaired) electrons. The zero-order valence-corrected chi connectivity index (χ0v) is 11.6. The van der Waals surface area contributed by atoms with E-state index in [9.17, 15) is 9.59 Å². The third-order valence-electron chi connectivity index (χ3n) is 3.91. The van der Waals surface area contributed by atoms with E-state index in [-0.39, 0.29) is 18.2 Å². The van der Waals surface area contributed by atoms with Crippen molar-refractivity contribution in [2.45, 2.75) is 25.3 Å². The number of carbonyl (C=O) groups is 2. The molecule has 1 fully saturated rings. The predicted octanol–water partition coefficient (Wildman–Crippen LogP) is 2.36. The Bertz CT molecular complexity index is 686. The quantitative estimate of drug-likeness (QED) is 0.885. The van der Waals surface area contributed by atoms with Gasteiger partial charge in [-0.1, -0.05) is 42.5 Å². The number of amides is 1. The number of carboxylic acid groups (broad SMARTS) is 1. The lowest BCUT2D eigenvalue weighted by Gasteiger charge is -2.14. The van der Waals surface area contributed by atoms with Gasteiger partial charge in [-0.05, 0) is 35.1 Å². The first kappa shape index (κ1) is 13.6. The van der Waals surface area contributed by atoms with Crippen LogP contribution in [0.15, 0.2) is 42.5 Å². The molecule has 2 aromatic carbocycles. The van der Waals surface area contributed by atoms with Crippen LogP contribution in [0.25, 0.3) is 10.8 Å². The molecule has 2 N–H and O–H groups in total. The summed E-state index contributed by atoms with van der Waals surface area (Å²) in [6, 6.07) is 13.0. The van der Waals surface area contributed by atoms with Crippen LogP contribution in [0.5, 0.6) is 0 Å². The van der Waals surface area contributed by atoms with Crippen molar-refractivity contribution in [1.82, 2.24) is 5.32 Å². The molecular formula is C17H17NO3. The van der Waals surface area contributed by atoms with Gasteiger partial charge in [0.05, 0.1) is 6.42 Å². The molecule has 1 saturated carbocycles. The van der Waals surface area contributed by atoms with E-state index in [1.165, 1.54) is 0 Å². The van der Waals surface area contributed by atoms with Crippen LogP contribution in [0.1, 0.15) is 18.4 Å². The normalized spacial score (nSPS) is 15.6. The first-order valence-electron chi connectivity index (χ1n) is 7.14. The Morgan fingerprint density at radius 1 is 1.14 bits per heavy atom. The van der Waals surface area contributed by atoms with Gasteiger partial charge >= 0.3 is 5.97 Å². The summed E-state index contributed by atoms with van der Waals surface area (Å²) in [4.78, 5) is 23.3. The lowest BCUT2D eigenvalue weighted by atomic mass is 10.0. The Labute approximate surface area is 122 Å². The van der Waals surface area contributed by atoms with Crippen LogP contribution in [0.3, 0.4) is 0 Å². The van der Waals surface area contributed by atoms with Gasteiger partial charge in [-0.2, -0.15) is 0 Å². The molecule has 0 spiro atoms. The number of carbonyl (C=O) groups excluding carboxylic acids is 1. The van der Waals surface area contributed by atoms with Crippen molar-refractivity contribution in [3.8, 4) is 0 Å². The fourth-order valence-corrected chi connectivity index (χ4v) is 2.65. The summed E-state index contributed by atoms with van der Waals surface area (Å²) in [5.41, 5.74) is 0.922. The van der Waals surface area contributed by atoms with Gasteiger partial charge in [-0.15, -0.1) is 0 Å². The minimum atomic E-state index is -0.941. The highest BCUT2D eigenvalue weighted by Gasteiger charge is 2.37. The van der Waals surface area contributed by atoms with Gasteiger partial charge in [-0.3, -0.25) is 4.79 Å². The zero-order valence-electron chi connectivity index (χ0n) is 11.6. The van der Waals surface area contributed by atoms with E-state index in [4.69, 9.17) is 5.11 Å². The number of nitrogens with one attached hydrogen (secondary N) is 1. The standard InChI is InChI=1S/C17H17NO3/c19-15(18-16(17(20)21)12-8-9-12)10-13-6-3-5-11-4-1-2-7-14(11)13/h1-7,12,16H,8-10H2,(H,18,19)(H,20,21)/t16-/m0/s1. The molecule has 21 heavy (non-hydrogen) atoms. The summed E-state index contributed by atoms with van der Waals surface area (Å²) in [6.07, 6.45) is 1.97. The van der Waals surface area contributed by atoms with Gasteiger partial charge in [0.1, 0.15) is 6.04 Å². The number of hydrogen-bond donors (Lipinski definition) is 2. The number of benzene rings is 2. The summed E-state index contributed by atoms with van der Waals surface area (Å²) in [6.45, 7) is 0. The Kier molecular flexibility index (Phi) is 3.60. The van der Waals surface area contributed by atoms with E-state index in [0.717, 1.165) is 29.2 Å². The molecular weight excluding hydrogens is 266 g/mol. The summed E-state index contributed by atoms with van der Waals surface area (Å²) in [5, 5.41) is 13.9. The Hall–Kier alpha value is -2.36. The lowest BCUT2D eigenvalue weighted by Crippen LogP contribution is -2.43. The average molecular weight is 283 g/mol. The smallest absolute Gasteiger partial charge is 0.326 e. The SMILES string of the molecule is O=C(Cc1cccc2ccccc12)N[C@H](C(=O)O)C1CC1. The van der Waals surface area contributed by atoms with Gasteiger partial charge in [-0.25, -0.2) is 4.79 Å². The molecule has 0 bridgehead atoms. The van der Waals surface area contributed by atoms with E-state index >= 15 is 0 Å². The number of aliphatic carboxylic acids is 1. The second kappa shape index (κ2) is 5.56. The van der Waals surface area contributed by atoms with Crippen molar-refractivity contribution in [2.24, 2.45) is 5.92 Å². The van der Waals surface area contributed by atoms with E-state index in [1.54, 1.807) is 0 Å². The minimum Gasteiger partial charge on any atom is -0.480 e. The van der Waals surface area contributed by atoms with Crippen molar-refractivity contribution >= 4 is 22.6 Å². The Balaban J connectivity index is 1.75. The van der Waals surface area contributed by atoms with Crippen LogP contribution < -0.4 is 5.32 Å². The zero-order chi connectivity index (χ0) is 14.8. The Morgan fingerprint density at radius 3 is 2.57 bits per heavy atom. The van der Waals surface area contributed by atoms with Crippen molar-refractivity contribution < 1.29 is 14.7 Å². The molecule has 4 nitrogen and oxygen atoms in total. The molecule has 4 heteroatoms. The minimum absolute atomic E-state index is 0.0963. The van der Waals surface area contributed by atoms with Gasteiger partial charge < -0.3 is 10.4 Å². The van der Waals surface area contributed by atoms with Crippen LogP contribution >= 0.6 is 0 Å². The first-order valence-corrected chi connectivity index (χ1v) is 7.14.